The van der Waals surface area contributed by atoms with Gasteiger partial charge in [0.15, 0.2) is 0 Å². The number of aliphatic hydroxyl groups is 1. The van der Waals surface area contributed by atoms with Gasteiger partial charge in [0.05, 0.1) is 23.5 Å². The first-order chi connectivity index (χ1) is 11.5. The van der Waals surface area contributed by atoms with Crippen LogP contribution in [0.25, 0.3) is 0 Å². The van der Waals surface area contributed by atoms with Gasteiger partial charge in [-0.15, -0.1) is 0 Å². The first-order valence-corrected chi connectivity index (χ1v) is 9.38. The van der Waals surface area contributed by atoms with Crippen molar-refractivity contribution >= 4 is 33.3 Å². The van der Waals surface area contributed by atoms with E-state index < -0.39 is 0 Å². The van der Waals surface area contributed by atoms with Gasteiger partial charge in [0, 0.05) is 24.2 Å². The lowest BCUT2D eigenvalue weighted by molar-refractivity contribution is 0.0496. The van der Waals surface area contributed by atoms with Gasteiger partial charge < -0.3 is 20.5 Å². The van der Waals surface area contributed by atoms with E-state index in [0.717, 1.165) is 54.5 Å². The third-order valence-electron chi connectivity index (χ3n) is 4.14. The van der Waals surface area contributed by atoms with Crippen LogP contribution in [-0.2, 0) is 4.74 Å². The van der Waals surface area contributed by atoms with E-state index in [1.54, 1.807) is 0 Å². The van der Waals surface area contributed by atoms with E-state index >= 15 is 0 Å². The molecule has 0 heterocycles. The minimum absolute atomic E-state index is 0.215. The number of anilines is 2. The van der Waals surface area contributed by atoms with Crippen molar-refractivity contribution in [2.24, 2.45) is 0 Å². The van der Waals surface area contributed by atoms with Crippen molar-refractivity contribution < 1.29 is 14.6 Å². The molecule has 0 aromatic heterocycles. The molecule has 0 fully saturated rings. The topological polar surface area (TPSA) is 75.8 Å². The fourth-order valence-electron chi connectivity index (χ4n) is 2.60. The number of esters is 1. The van der Waals surface area contributed by atoms with Gasteiger partial charge >= 0.3 is 5.97 Å². The molecule has 3 N–H and O–H groups in total. The van der Waals surface area contributed by atoms with Crippen molar-refractivity contribution in [1.29, 1.82) is 0 Å². The second kappa shape index (κ2) is 10.6. The molecular weight excluding hydrogens is 372 g/mol. The lowest BCUT2D eigenvalue weighted by Crippen LogP contribution is -2.24. The molecule has 0 unspecified atom stereocenters. The Hall–Kier alpha value is -1.27. The Morgan fingerprint density at radius 2 is 1.88 bits per heavy atom. The molecular formula is C18H29BrN2O3. The number of aliphatic hydroxyl groups excluding tert-OH is 1. The molecule has 5 nitrogen and oxygen atoms in total. The number of carbonyl (C=O) groups excluding carboxylic acids is 1. The largest absolute Gasteiger partial charge is 0.462 e. The number of ether oxygens (including phenoxy) is 1. The molecule has 6 heteroatoms. The summed E-state index contributed by atoms with van der Waals surface area (Å²) >= 11 is 3.50. The van der Waals surface area contributed by atoms with Crippen LogP contribution in [0.3, 0.4) is 0 Å². The van der Waals surface area contributed by atoms with E-state index in [0.29, 0.717) is 17.9 Å². The summed E-state index contributed by atoms with van der Waals surface area (Å²) in [4.78, 5) is 14.5. The van der Waals surface area contributed by atoms with Crippen LogP contribution in [0.5, 0.6) is 0 Å². The van der Waals surface area contributed by atoms with Crippen molar-refractivity contribution in [2.75, 3.05) is 36.9 Å². The average Bonchev–Trinajstić information content (AvgIpc) is 2.58. The molecule has 0 saturated carbocycles. The van der Waals surface area contributed by atoms with E-state index in [1.165, 1.54) is 0 Å². The Kier molecular flexibility index (Phi) is 9.14. The van der Waals surface area contributed by atoms with Gasteiger partial charge in [0.25, 0.3) is 0 Å². The van der Waals surface area contributed by atoms with Crippen LogP contribution in [0.15, 0.2) is 10.5 Å². The molecule has 0 amide bonds. The van der Waals surface area contributed by atoms with Gasteiger partial charge in [-0.3, -0.25) is 0 Å². The number of nitrogens with two attached hydrogens (primary N) is 1. The number of benzene rings is 1. The monoisotopic (exact) mass is 400 g/mol. The summed E-state index contributed by atoms with van der Waals surface area (Å²) in [6.07, 6.45) is 3.50. The predicted molar refractivity (Wildman–Crippen MR) is 103 cm³/mol. The first-order valence-electron chi connectivity index (χ1n) is 8.59. The van der Waals surface area contributed by atoms with E-state index in [1.807, 2.05) is 13.0 Å². The van der Waals surface area contributed by atoms with Gasteiger partial charge in [-0.2, -0.15) is 0 Å². The highest BCUT2D eigenvalue weighted by atomic mass is 79.9. The average molecular weight is 401 g/mol. The number of hydrogen-bond donors (Lipinski definition) is 2. The predicted octanol–water partition coefficient (Wildman–Crippen LogP) is 3.90. The zero-order valence-corrected chi connectivity index (χ0v) is 16.5. The summed E-state index contributed by atoms with van der Waals surface area (Å²) in [7, 11) is 0. The van der Waals surface area contributed by atoms with E-state index in [-0.39, 0.29) is 12.6 Å². The van der Waals surface area contributed by atoms with Crippen LogP contribution in [0.1, 0.15) is 55.5 Å². The van der Waals surface area contributed by atoms with Gasteiger partial charge in [0.1, 0.15) is 0 Å². The van der Waals surface area contributed by atoms with Crippen molar-refractivity contribution in [3.8, 4) is 0 Å². The molecule has 0 spiro atoms. The number of halogens is 1. The Balaban J connectivity index is 2.84. The van der Waals surface area contributed by atoms with Crippen LogP contribution in [0, 0.1) is 6.92 Å². The van der Waals surface area contributed by atoms with Crippen LogP contribution in [0.4, 0.5) is 11.4 Å². The number of nitrogen functional groups attached to an aromatic ring is 1. The zero-order chi connectivity index (χ0) is 18.1. The zero-order valence-electron chi connectivity index (χ0n) is 14.9. The molecule has 0 aliphatic heterocycles. The van der Waals surface area contributed by atoms with Crippen LogP contribution in [0.2, 0.25) is 0 Å². The summed E-state index contributed by atoms with van der Waals surface area (Å²) in [5.41, 5.74) is 9.06. The maximum atomic E-state index is 12.4. The molecule has 0 aliphatic rings. The van der Waals surface area contributed by atoms with Crippen LogP contribution in [-0.4, -0.2) is 37.4 Å². The Morgan fingerprint density at radius 3 is 2.46 bits per heavy atom. The molecule has 0 atom stereocenters. The number of nitrogens with zero attached hydrogens (tertiary/aromatic N) is 1. The lowest BCUT2D eigenvalue weighted by atomic mass is 10.1. The van der Waals surface area contributed by atoms with Gasteiger partial charge in [-0.05, 0) is 67.6 Å². The molecule has 1 rings (SSSR count). The smallest absolute Gasteiger partial charge is 0.338 e. The Labute approximate surface area is 153 Å². The normalized spacial score (nSPS) is 10.7. The van der Waals surface area contributed by atoms with Crippen molar-refractivity contribution in [3.63, 3.8) is 0 Å². The highest BCUT2D eigenvalue weighted by Gasteiger charge is 2.19. The van der Waals surface area contributed by atoms with Gasteiger partial charge in [-0.25, -0.2) is 4.79 Å². The third kappa shape index (κ3) is 5.38. The molecule has 136 valence electrons. The fourth-order valence-corrected chi connectivity index (χ4v) is 3.02. The SMILES string of the molecule is CCN(CC)c1cc(C(=O)OCCCCCCO)c(C)c(Br)c1N. The molecule has 1 aromatic rings. The van der Waals surface area contributed by atoms with Crippen molar-refractivity contribution in [3.05, 3.63) is 21.7 Å². The fraction of sp³-hybridized carbons (Fsp3) is 0.611. The number of rotatable bonds is 10. The van der Waals surface area contributed by atoms with Gasteiger partial charge in [-0.1, -0.05) is 6.42 Å². The second-order valence-corrected chi connectivity index (χ2v) is 6.53. The minimum Gasteiger partial charge on any atom is -0.462 e. The second-order valence-electron chi connectivity index (χ2n) is 5.74. The summed E-state index contributed by atoms with van der Waals surface area (Å²) < 4.78 is 6.16. The molecule has 0 radical (unpaired) electrons. The first kappa shape index (κ1) is 20.8. The van der Waals surface area contributed by atoms with E-state index in [9.17, 15) is 4.79 Å². The summed E-state index contributed by atoms with van der Waals surface area (Å²) in [5, 5.41) is 8.75. The van der Waals surface area contributed by atoms with Crippen molar-refractivity contribution in [1.82, 2.24) is 0 Å². The van der Waals surface area contributed by atoms with Crippen LogP contribution < -0.4 is 10.6 Å². The van der Waals surface area contributed by atoms with Crippen LogP contribution >= 0.6 is 15.9 Å². The quantitative estimate of drug-likeness (QED) is 0.353. The highest BCUT2D eigenvalue weighted by molar-refractivity contribution is 9.10. The Bertz CT molecular complexity index is 546. The summed E-state index contributed by atoms with van der Waals surface area (Å²) in [6, 6.07) is 1.83. The molecule has 1 aromatic carbocycles. The molecule has 0 aliphatic carbocycles. The number of carbonyl (C=O) groups is 1. The number of hydrogen-bond acceptors (Lipinski definition) is 5. The maximum Gasteiger partial charge on any atom is 0.338 e. The highest BCUT2D eigenvalue weighted by Crippen LogP contribution is 2.36. The third-order valence-corrected chi connectivity index (χ3v) is 5.16. The lowest BCUT2D eigenvalue weighted by Gasteiger charge is -2.25. The maximum absolute atomic E-state index is 12.4. The molecule has 24 heavy (non-hydrogen) atoms. The number of unbranched alkanes of at least 4 members (excludes halogenated alkanes) is 3. The van der Waals surface area contributed by atoms with Crippen molar-refractivity contribution in [2.45, 2.75) is 46.5 Å². The summed E-state index contributed by atoms with van der Waals surface area (Å²) in [5.74, 6) is -0.316. The van der Waals surface area contributed by atoms with Gasteiger partial charge in [0.2, 0.25) is 0 Å². The standard InChI is InChI=1S/C18H29BrN2O3/c1-4-21(5-2)15-12-14(13(3)16(19)17(15)20)18(23)24-11-9-7-6-8-10-22/h12,22H,4-11,20H2,1-3H3. The Morgan fingerprint density at radius 1 is 1.25 bits per heavy atom. The molecule has 0 bridgehead atoms. The molecule has 0 saturated heterocycles. The minimum atomic E-state index is -0.316. The van der Waals surface area contributed by atoms with E-state index in [2.05, 4.69) is 34.7 Å². The van der Waals surface area contributed by atoms with E-state index in [4.69, 9.17) is 15.6 Å². The summed E-state index contributed by atoms with van der Waals surface area (Å²) in [6.45, 7) is 8.22.